The van der Waals surface area contributed by atoms with Gasteiger partial charge in [-0.15, -0.1) is 0 Å². The van der Waals surface area contributed by atoms with Gasteiger partial charge in [-0.1, -0.05) is 18.2 Å². The van der Waals surface area contributed by atoms with Crippen LogP contribution in [-0.4, -0.2) is 31.4 Å². The van der Waals surface area contributed by atoms with Crippen LogP contribution in [0.15, 0.2) is 35.2 Å². The molecular weight excluding hydrogens is 244 g/mol. The number of carboxylic acids is 1. The number of carboxylic acid groups (broad SMARTS) is 1. The Labute approximate surface area is 99.6 Å². The Morgan fingerprint density at radius 2 is 1.88 bits per heavy atom. The molecular formula is C11H13O5S-. The number of hydrogen-bond acceptors (Lipinski definition) is 5. The summed E-state index contributed by atoms with van der Waals surface area (Å²) in [6.45, 7) is 0. The van der Waals surface area contributed by atoms with E-state index >= 15 is 0 Å². The molecule has 6 heteroatoms. The van der Waals surface area contributed by atoms with Crippen molar-refractivity contribution in [1.29, 1.82) is 0 Å². The first-order valence-corrected chi connectivity index (χ1v) is 6.73. The Bertz CT molecular complexity index is 466. The molecule has 0 saturated carbocycles. The Balaban J connectivity index is 2.60. The molecule has 94 valence electrons. The van der Waals surface area contributed by atoms with Gasteiger partial charge in [-0.2, -0.15) is 0 Å². The minimum atomic E-state index is -3.46. The molecule has 0 aromatic heterocycles. The molecule has 1 rings (SSSR count). The van der Waals surface area contributed by atoms with Gasteiger partial charge in [0, 0.05) is 12.4 Å². The average Bonchev–Trinajstić information content (AvgIpc) is 2.27. The van der Waals surface area contributed by atoms with Crippen LogP contribution in [0.25, 0.3) is 0 Å². The van der Waals surface area contributed by atoms with E-state index in [0.29, 0.717) is 0 Å². The molecule has 0 aliphatic heterocycles. The van der Waals surface area contributed by atoms with E-state index in [1.165, 1.54) is 12.1 Å². The van der Waals surface area contributed by atoms with E-state index in [9.17, 15) is 23.4 Å². The fourth-order valence-corrected chi connectivity index (χ4v) is 2.72. The lowest BCUT2D eigenvalue weighted by Gasteiger charge is -2.11. The van der Waals surface area contributed by atoms with Crippen molar-refractivity contribution in [2.75, 3.05) is 5.75 Å². The van der Waals surface area contributed by atoms with Gasteiger partial charge in [0.25, 0.3) is 0 Å². The van der Waals surface area contributed by atoms with Crippen molar-refractivity contribution in [2.24, 2.45) is 0 Å². The van der Waals surface area contributed by atoms with E-state index in [1.54, 1.807) is 18.2 Å². The van der Waals surface area contributed by atoms with Gasteiger partial charge < -0.3 is 15.0 Å². The van der Waals surface area contributed by atoms with Crippen LogP contribution in [0.1, 0.15) is 12.8 Å². The summed E-state index contributed by atoms with van der Waals surface area (Å²) >= 11 is 0. The maximum Gasteiger partial charge on any atom is 0.178 e. The largest absolute Gasteiger partial charge is 0.550 e. The van der Waals surface area contributed by atoms with Crippen LogP contribution in [0.5, 0.6) is 0 Å². The molecule has 0 spiro atoms. The summed E-state index contributed by atoms with van der Waals surface area (Å²) in [7, 11) is -3.46. The summed E-state index contributed by atoms with van der Waals surface area (Å²) in [5.74, 6) is -1.68. The SMILES string of the molecule is O=C([O-])CC(O)CCS(=O)(=O)c1ccccc1. The molecule has 1 atom stereocenters. The second kappa shape index (κ2) is 5.79. The zero-order valence-corrected chi connectivity index (χ0v) is 9.89. The summed E-state index contributed by atoms with van der Waals surface area (Å²) in [6.07, 6.45) is -1.87. The Kier molecular flexibility index (Phi) is 4.65. The van der Waals surface area contributed by atoms with E-state index in [0.717, 1.165) is 0 Å². The van der Waals surface area contributed by atoms with Gasteiger partial charge in [0.2, 0.25) is 0 Å². The van der Waals surface area contributed by atoms with Crippen LogP contribution in [-0.2, 0) is 14.6 Å². The van der Waals surface area contributed by atoms with Gasteiger partial charge in [-0.25, -0.2) is 8.42 Å². The number of rotatable bonds is 6. The quantitative estimate of drug-likeness (QED) is 0.731. The zero-order chi connectivity index (χ0) is 12.9. The predicted octanol–water partition coefficient (Wildman–Crippen LogP) is -0.649. The number of sulfone groups is 1. The number of aliphatic hydroxyl groups excluding tert-OH is 1. The third-order valence-corrected chi connectivity index (χ3v) is 3.99. The fraction of sp³-hybridized carbons (Fsp3) is 0.364. The summed E-state index contributed by atoms with van der Waals surface area (Å²) in [4.78, 5) is 10.4. The topological polar surface area (TPSA) is 94.5 Å². The fourth-order valence-electron chi connectivity index (χ4n) is 1.33. The molecule has 0 aliphatic carbocycles. The predicted molar refractivity (Wildman–Crippen MR) is 58.7 cm³/mol. The van der Waals surface area contributed by atoms with Crippen molar-refractivity contribution < 1.29 is 23.4 Å². The molecule has 0 fully saturated rings. The second-order valence-electron chi connectivity index (χ2n) is 3.65. The summed E-state index contributed by atoms with van der Waals surface area (Å²) < 4.78 is 23.5. The Hall–Kier alpha value is -1.40. The van der Waals surface area contributed by atoms with E-state index < -0.39 is 28.3 Å². The van der Waals surface area contributed by atoms with Crippen molar-refractivity contribution in [3.8, 4) is 0 Å². The molecule has 0 saturated heterocycles. The molecule has 17 heavy (non-hydrogen) atoms. The zero-order valence-electron chi connectivity index (χ0n) is 9.07. The molecule has 0 heterocycles. The summed E-state index contributed by atoms with van der Waals surface area (Å²) in [5.41, 5.74) is 0. The molecule has 0 radical (unpaired) electrons. The van der Waals surface area contributed by atoms with Gasteiger partial charge in [0.1, 0.15) is 0 Å². The minimum absolute atomic E-state index is 0.120. The standard InChI is InChI=1S/C11H14O5S/c12-9(8-11(13)14)6-7-17(15,16)10-4-2-1-3-5-10/h1-5,9,12H,6-8H2,(H,13,14)/p-1. The number of aliphatic hydroxyl groups is 1. The first-order chi connectivity index (χ1) is 7.92. The number of carbonyl (C=O) groups excluding carboxylic acids is 1. The van der Waals surface area contributed by atoms with E-state index in [-0.39, 0.29) is 17.1 Å². The van der Waals surface area contributed by atoms with Crippen molar-refractivity contribution in [2.45, 2.75) is 23.8 Å². The molecule has 1 N–H and O–H groups in total. The lowest BCUT2D eigenvalue weighted by molar-refractivity contribution is -0.307. The van der Waals surface area contributed by atoms with Crippen molar-refractivity contribution in [3.05, 3.63) is 30.3 Å². The van der Waals surface area contributed by atoms with E-state index in [1.807, 2.05) is 0 Å². The molecule has 0 bridgehead atoms. The van der Waals surface area contributed by atoms with Crippen LogP contribution in [0.3, 0.4) is 0 Å². The molecule has 0 amide bonds. The van der Waals surface area contributed by atoms with Crippen molar-refractivity contribution in [3.63, 3.8) is 0 Å². The maximum absolute atomic E-state index is 11.7. The number of benzene rings is 1. The molecule has 5 nitrogen and oxygen atoms in total. The minimum Gasteiger partial charge on any atom is -0.550 e. The Morgan fingerprint density at radius 3 is 2.41 bits per heavy atom. The molecule has 1 aromatic rings. The van der Waals surface area contributed by atoms with Crippen molar-refractivity contribution >= 4 is 15.8 Å². The van der Waals surface area contributed by atoms with E-state index in [2.05, 4.69) is 0 Å². The van der Waals surface area contributed by atoms with Gasteiger partial charge in [0.05, 0.1) is 16.8 Å². The lowest BCUT2D eigenvalue weighted by atomic mass is 10.2. The first kappa shape index (κ1) is 13.7. The molecule has 1 unspecified atom stereocenters. The first-order valence-electron chi connectivity index (χ1n) is 5.07. The van der Waals surface area contributed by atoms with Gasteiger partial charge in [0.15, 0.2) is 9.84 Å². The molecule has 1 aromatic carbocycles. The van der Waals surface area contributed by atoms with E-state index in [4.69, 9.17) is 0 Å². The molecule has 0 aliphatic rings. The summed E-state index contributed by atoms with van der Waals surface area (Å²) in [6, 6.07) is 7.82. The average molecular weight is 257 g/mol. The highest BCUT2D eigenvalue weighted by Gasteiger charge is 2.16. The smallest absolute Gasteiger partial charge is 0.178 e. The van der Waals surface area contributed by atoms with Crippen LogP contribution in [0.4, 0.5) is 0 Å². The van der Waals surface area contributed by atoms with Gasteiger partial charge in [-0.3, -0.25) is 0 Å². The third kappa shape index (κ3) is 4.54. The number of hydrogen-bond donors (Lipinski definition) is 1. The summed E-state index contributed by atoms with van der Waals surface area (Å²) in [5, 5.41) is 19.4. The van der Waals surface area contributed by atoms with Crippen LogP contribution in [0.2, 0.25) is 0 Å². The maximum atomic E-state index is 11.7. The highest BCUT2D eigenvalue weighted by Crippen LogP contribution is 2.12. The normalized spacial score (nSPS) is 13.2. The highest BCUT2D eigenvalue weighted by molar-refractivity contribution is 7.91. The Morgan fingerprint density at radius 1 is 1.29 bits per heavy atom. The second-order valence-corrected chi connectivity index (χ2v) is 5.76. The van der Waals surface area contributed by atoms with Gasteiger partial charge >= 0.3 is 0 Å². The van der Waals surface area contributed by atoms with Crippen LogP contribution in [0, 0.1) is 0 Å². The third-order valence-electron chi connectivity index (χ3n) is 2.22. The number of aliphatic carboxylic acids is 1. The number of carbonyl (C=O) groups is 1. The van der Waals surface area contributed by atoms with Gasteiger partial charge in [-0.05, 0) is 18.6 Å². The van der Waals surface area contributed by atoms with Crippen LogP contribution >= 0.6 is 0 Å². The van der Waals surface area contributed by atoms with Crippen LogP contribution < -0.4 is 5.11 Å². The highest BCUT2D eigenvalue weighted by atomic mass is 32.2. The van der Waals surface area contributed by atoms with Crippen molar-refractivity contribution in [1.82, 2.24) is 0 Å². The lowest BCUT2D eigenvalue weighted by Crippen LogP contribution is -2.28. The monoisotopic (exact) mass is 257 g/mol.